The molecule has 2 aromatic rings. The fourth-order valence-corrected chi connectivity index (χ4v) is 2.16. The topological polar surface area (TPSA) is 38.3 Å². The standard InChI is InChI=1S/C15H14F3NO2/c1-21-14(20)13(19-9-15(16,17)18)12-8-4-6-10-5-2-3-7-11(10)12/h2-8,13,19H,9H2,1H3. The molecular formula is C15H14F3NO2. The van der Waals surface area contributed by atoms with Crippen LogP contribution in [-0.4, -0.2) is 25.8 Å². The first-order chi connectivity index (χ1) is 9.92. The Hall–Kier alpha value is -2.08. The SMILES string of the molecule is COC(=O)C(NCC(F)(F)F)c1cccc2ccccc12. The molecular weight excluding hydrogens is 283 g/mol. The molecule has 6 heteroatoms. The number of nitrogens with one attached hydrogen (secondary N) is 1. The fraction of sp³-hybridized carbons (Fsp3) is 0.267. The number of carbonyl (C=O) groups excluding carboxylic acids is 1. The lowest BCUT2D eigenvalue weighted by molar-refractivity contribution is -0.146. The maximum atomic E-state index is 12.4. The molecule has 0 radical (unpaired) electrons. The molecule has 0 bridgehead atoms. The summed E-state index contributed by atoms with van der Waals surface area (Å²) in [6.07, 6.45) is -4.41. The predicted molar refractivity (Wildman–Crippen MR) is 72.8 cm³/mol. The number of halogens is 3. The van der Waals surface area contributed by atoms with Gasteiger partial charge in [0.2, 0.25) is 0 Å². The van der Waals surface area contributed by atoms with E-state index in [1.165, 1.54) is 0 Å². The van der Waals surface area contributed by atoms with Crippen molar-refractivity contribution in [2.45, 2.75) is 12.2 Å². The van der Waals surface area contributed by atoms with E-state index in [2.05, 4.69) is 10.1 Å². The van der Waals surface area contributed by atoms with Gasteiger partial charge in [-0.05, 0) is 16.3 Å². The first kappa shape index (κ1) is 15.3. The summed E-state index contributed by atoms with van der Waals surface area (Å²) in [6.45, 7) is -1.27. The lowest BCUT2D eigenvalue weighted by Crippen LogP contribution is -2.36. The summed E-state index contributed by atoms with van der Waals surface area (Å²) in [4.78, 5) is 11.8. The van der Waals surface area contributed by atoms with E-state index in [1.807, 2.05) is 18.2 Å². The van der Waals surface area contributed by atoms with Crippen molar-refractivity contribution in [2.75, 3.05) is 13.7 Å². The van der Waals surface area contributed by atoms with E-state index in [4.69, 9.17) is 0 Å². The maximum absolute atomic E-state index is 12.4. The molecule has 0 saturated heterocycles. The summed E-state index contributed by atoms with van der Waals surface area (Å²) in [5.74, 6) is -0.754. The van der Waals surface area contributed by atoms with E-state index in [-0.39, 0.29) is 0 Å². The van der Waals surface area contributed by atoms with Crippen molar-refractivity contribution < 1.29 is 22.7 Å². The number of hydrogen-bond donors (Lipinski definition) is 1. The number of ether oxygens (including phenoxy) is 1. The predicted octanol–water partition coefficient (Wildman–Crippen LogP) is 3.21. The summed E-state index contributed by atoms with van der Waals surface area (Å²) in [7, 11) is 1.15. The molecule has 1 unspecified atom stereocenters. The highest BCUT2D eigenvalue weighted by molar-refractivity contribution is 5.90. The van der Waals surface area contributed by atoms with Gasteiger partial charge in [0.15, 0.2) is 0 Å². The van der Waals surface area contributed by atoms with E-state index in [0.717, 1.165) is 12.5 Å². The van der Waals surface area contributed by atoms with Gasteiger partial charge >= 0.3 is 12.1 Å². The van der Waals surface area contributed by atoms with Crippen molar-refractivity contribution in [2.24, 2.45) is 0 Å². The monoisotopic (exact) mass is 297 g/mol. The number of methoxy groups -OCH3 is 1. The van der Waals surface area contributed by atoms with Crippen LogP contribution in [-0.2, 0) is 9.53 Å². The summed E-state index contributed by atoms with van der Waals surface area (Å²) in [5, 5.41) is 3.78. The van der Waals surface area contributed by atoms with E-state index >= 15 is 0 Å². The van der Waals surface area contributed by atoms with Gasteiger partial charge in [-0.1, -0.05) is 42.5 Å². The number of carbonyl (C=O) groups is 1. The summed E-state index contributed by atoms with van der Waals surface area (Å²) in [5.41, 5.74) is 0.462. The molecule has 1 atom stereocenters. The minimum Gasteiger partial charge on any atom is -0.468 e. The van der Waals surface area contributed by atoms with Crippen molar-refractivity contribution >= 4 is 16.7 Å². The molecule has 0 saturated carbocycles. The molecule has 0 aromatic heterocycles. The van der Waals surface area contributed by atoms with Gasteiger partial charge in [0.1, 0.15) is 6.04 Å². The largest absolute Gasteiger partial charge is 0.468 e. The van der Waals surface area contributed by atoms with Crippen LogP contribution in [0.2, 0.25) is 0 Å². The highest BCUT2D eigenvalue weighted by Crippen LogP contribution is 2.26. The molecule has 0 amide bonds. The van der Waals surface area contributed by atoms with Crippen molar-refractivity contribution in [3.63, 3.8) is 0 Å². The summed E-state index contributed by atoms with van der Waals surface area (Å²) < 4.78 is 41.8. The zero-order chi connectivity index (χ0) is 15.5. The number of fused-ring (bicyclic) bond motifs is 1. The van der Waals surface area contributed by atoms with Crippen LogP contribution in [0, 0.1) is 0 Å². The molecule has 0 aliphatic rings. The van der Waals surface area contributed by atoms with Crippen LogP contribution in [0.3, 0.4) is 0 Å². The van der Waals surface area contributed by atoms with Crippen LogP contribution in [0.25, 0.3) is 10.8 Å². The third-order valence-electron chi connectivity index (χ3n) is 3.08. The van der Waals surface area contributed by atoms with Crippen LogP contribution >= 0.6 is 0 Å². The number of hydrogen-bond acceptors (Lipinski definition) is 3. The molecule has 2 aromatic carbocycles. The number of benzene rings is 2. The molecule has 3 nitrogen and oxygen atoms in total. The average molecular weight is 297 g/mol. The van der Waals surface area contributed by atoms with Crippen LogP contribution in [0.5, 0.6) is 0 Å². The Bertz CT molecular complexity index is 635. The second-order valence-corrected chi connectivity index (χ2v) is 4.52. The number of esters is 1. The second-order valence-electron chi connectivity index (χ2n) is 4.52. The van der Waals surface area contributed by atoms with Gasteiger partial charge in [0.25, 0.3) is 0 Å². The van der Waals surface area contributed by atoms with E-state index in [1.54, 1.807) is 24.3 Å². The van der Waals surface area contributed by atoms with E-state index in [9.17, 15) is 18.0 Å². The molecule has 0 aliphatic heterocycles. The highest BCUT2D eigenvalue weighted by atomic mass is 19.4. The summed E-state index contributed by atoms with van der Waals surface area (Å²) in [6, 6.07) is 11.2. The van der Waals surface area contributed by atoms with Crippen LogP contribution < -0.4 is 5.32 Å². The smallest absolute Gasteiger partial charge is 0.401 e. The Labute approximate surface area is 119 Å². The third-order valence-corrected chi connectivity index (χ3v) is 3.08. The Balaban J connectivity index is 2.41. The zero-order valence-corrected chi connectivity index (χ0v) is 11.3. The van der Waals surface area contributed by atoms with Gasteiger partial charge in [0, 0.05) is 0 Å². The molecule has 0 aliphatic carbocycles. The lowest BCUT2D eigenvalue weighted by Gasteiger charge is -2.19. The van der Waals surface area contributed by atoms with Crippen LogP contribution in [0.4, 0.5) is 13.2 Å². The molecule has 1 N–H and O–H groups in total. The second kappa shape index (κ2) is 6.13. The average Bonchev–Trinajstić information content (AvgIpc) is 2.46. The minimum absolute atomic E-state index is 0.462. The van der Waals surface area contributed by atoms with Crippen molar-refractivity contribution in [3.8, 4) is 0 Å². The zero-order valence-electron chi connectivity index (χ0n) is 11.3. The van der Waals surface area contributed by atoms with Crippen LogP contribution in [0.1, 0.15) is 11.6 Å². The van der Waals surface area contributed by atoms with Gasteiger partial charge < -0.3 is 4.74 Å². The molecule has 0 spiro atoms. The maximum Gasteiger partial charge on any atom is 0.401 e. The molecule has 0 fully saturated rings. The molecule has 112 valence electrons. The van der Waals surface area contributed by atoms with Crippen LogP contribution in [0.15, 0.2) is 42.5 Å². The number of alkyl halides is 3. The highest BCUT2D eigenvalue weighted by Gasteiger charge is 2.31. The fourth-order valence-electron chi connectivity index (χ4n) is 2.16. The molecule has 0 heterocycles. The van der Waals surface area contributed by atoms with Gasteiger partial charge in [0.05, 0.1) is 13.7 Å². The van der Waals surface area contributed by atoms with E-state index < -0.39 is 24.7 Å². The number of rotatable bonds is 4. The first-order valence-corrected chi connectivity index (χ1v) is 6.28. The molecule has 2 rings (SSSR count). The first-order valence-electron chi connectivity index (χ1n) is 6.28. The quantitative estimate of drug-likeness (QED) is 0.881. The minimum atomic E-state index is -4.41. The van der Waals surface area contributed by atoms with Crippen molar-refractivity contribution in [1.82, 2.24) is 5.32 Å². The van der Waals surface area contributed by atoms with Crippen molar-refractivity contribution in [3.05, 3.63) is 48.0 Å². The Morgan fingerprint density at radius 2 is 1.86 bits per heavy atom. The molecule has 21 heavy (non-hydrogen) atoms. The Morgan fingerprint density at radius 3 is 2.52 bits per heavy atom. The van der Waals surface area contributed by atoms with Gasteiger partial charge in [-0.2, -0.15) is 13.2 Å². The Kier molecular flexibility index (Phi) is 4.47. The van der Waals surface area contributed by atoms with Gasteiger partial charge in [-0.15, -0.1) is 0 Å². The third kappa shape index (κ3) is 3.72. The summed E-state index contributed by atoms with van der Waals surface area (Å²) >= 11 is 0. The normalized spacial score (nSPS) is 13.1. The lowest BCUT2D eigenvalue weighted by atomic mass is 9.98. The van der Waals surface area contributed by atoms with Gasteiger partial charge in [-0.25, -0.2) is 4.79 Å². The van der Waals surface area contributed by atoms with Crippen molar-refractivity contribution in [1.29, 1.82) is 0 Å². The Morgan fingerprint density at radius 1 is 1.19 bits per heavy atom. The van der Waals surface area contributed by atoms with E-state index in [0.29, 0.717) is 10.9 Å². The van der Waals surface area contributed by atoms with Gasteiger partial charge in [-0.3, -0.25) is 5.32 Å².